The van der Waals surface area contributed by atoms with Gasteiger partial charge in [-0.15, -0.1) is 0 Å². The number of esters is 1. The van der Waals surface area contributed by atoms with Crippen molar-refractivity contribution in [2.24, 2.45) is 5.41 Å². The molecule has 3 N–H and O–H groups in total. The van der Waals surface area contributed by atoms with E-state index in [9.17, 15) is 19.0 Å². The van der Waals surface area contributed by atoms with Gasteiger partial charge in [0, 0.05) is 11.8 Å². The van der Waals surface area contributed by atoms with Crippen molar-refractivity contribution in [2.45, 2.75) is 40.5 Å². The summed E-state index contributed by atoms with van der Waals surface area (Å²) in [4.78, 5) is 41.8. The van der Waals surface area contributed by atoms with E-state index in [1.54, 1.807) is 45.9 Å². The van der Waals surface area contributed by atoms with Crippen molar-refractivity contribution in [1.29, 1.82) is 0 Å². The van der Waals surface area contributed by atoms with Crippen LogP contribution < -0.4 is 16.3 Å². The fourth-order valence-corrected chi connectivity index (χ4v) is 2.57. The summed E-state index contributed by atoms with van der Waals surface area (Å²) < 4.78 is 32.7. The first-order valence-electron chi connectivity index (χ1n) is 9.44. The number of para-hydroxylation sites is 1. The van der Waals surface area contributed by atoms with Crippen LogP contribution in [-0.2, 0) is 34.6 Å². The summed E-state index contributed by atoms with van der Waals surface area (Å²) in [5.74, 6) is -0.448. The van der Waals surface area contributed by atoms with Crippen molar-refractivity contribution in [3.63, 3.8) is 0 Å². The Hall–Kier alpha value is -2.76. The first-order valence-corrected chi connectivity index (χ1v) is 10.9. The minimum Gasteiger partial charge on any atom is -0.437 e. The molecule has 1 heterocycles. The normalized spacial score (nSPS) is 14.4. The summed E-state index contributed by atoms with van der Waals surface area (Å²) in [6.45, 7) is 5.67. The molecule has 0 saturated carbocycles. The molecule has 0 radical (unpaired) electrons. The van der Waals surface area contributed by atoms with Gasteiger partial charge in [-0.25, -0.2) is 13.9 Å². The van der Waals surface area contributed by atoms with Crippen LogP contribution in [0.15, 0.2) is 41.3 Å². The van der Waals surface area contributed by atoms with Crippen LogP contribution in [-0.4, -0.2) is 27.2 Å². The molecule has 0 bridgehead atoms. The van der Waals surface area contributed by atoms with Crippen molar-refractivity contribution >= 4 is 19.6 Å². The van der Waals surface area contributed by atoms with Gasteiger partial charge in [-0.3, -0.25) is 9.36 Å². The third kappa shape index (κ3) is 7.74. The lowest BCUT2D eigenvalue weighted by Gasteiger charge is -2.18. The van der Waals surface area contributed by atoms with Crippen LogP contribution in [0.1, 0.15) is 39.5 Å². The quantitative estimate of drug-likeness (QED) is 0.172. The van der Waals surface area contributed by atoms with Gasteiger partial charge in [0.15, 0.2) is 5.75 Å². The number of carbonyl (C=O) groups is 1. The third-order valence-electron chi connectivity index (χ3n) is 3.94. The standard InChI is InChI=1S/C19H26N3O9P/c1-13(22-10-9-16(20)21-18(22)24)27-11-14-7-5-6-8-15(14)30-31-32(25,26)29-12-28-17(23)19(2,3)4/h5-10,13H,11-12H2,1-4H3,(H,25,26)(H2,20,21,24). The van der Waals surface area contributed by atoms with Crippen LogP contribution in [0.25, 0.3) is 0 Å². The highest BCUT2D eigenvalue weighted by molar-refractivity contribution is 7.47. The van der Waals surface area contributed by atoms with E-state index >= 15 is 0 Å². The van der Waals surface area contributed by atoms with Crippen LogP contribution in [0.4, 0.5) is 5.82 Å². The highest BCUT2D eigenvalue weighted by atomic mass is 31.2. The number of phosphoric acid groups is 1. The van der Waals surface area contributed by atoms with Gasteiger partial charge in [0.05, 0.1) is 12.0 Å². The van der Waals surface area contributed by atoms with Crippen molar-refractivity contribution < 1.29 is 37.8 Å². The zero-order valence-corrected chi connectivity index (χ0v) is 19.0. The van der Waals surface area contributed by atoms with Crippen molar-refractivity contribution in [3.8, 4) is 5.75 Å². The van der Waals surface area contributed by atoms with Crippen molar-refractivity contribution in [2.75, 3.05) is 12.5 Å². The van der Waals surface area contributed by atoms with Crippen molar-refractivity contribution in [1.82, 2.24) is 9.55 Å². The molecule has 32 heavy (non-hydrogen) atoms. The Bertz CT molecular complexity index is 1040. The molecule has 176 valence electrons. The monoisotopic (exact) mass is 471 g/mol. The Morgan fingerprint density at radius 3 is 2.62 bits per heavy atom. The molecule has 0 spiro atoms. The Labute approximate surface area is 184 Å². The number of hydrogen-bond acceptors (Lipinski definition) is 10. The zero-order chi connectivity index (χ0) is 23.9. The number of benzene rings is 1. The summed E-state index contributed by atoms with van der Waals surface area (Å²) >= 11 is 0. The van der Waals surface area contributed by atoms with Crippen LogP contribution in [0.3, 0.4) is 0 Å². The molecule has 2 rings (SSSR count). The molecule has 0 aliphatic rings. The van der Waals surface area contributed by atoms with Crippen LogP contribution >= 0.6 is 7.82 Å². The molecule has 2 atom stereocenters. The molecule has 1 aromatic heterocycles. The lowest BCUT2D eigenvalue weighted by atomic mass is 9.98. The Balaban J connectivity index is 1.93. The second-order valence-corrected chi connectivity index (χ2v) is 8.96. The number of phosphoric ester groups is 1. The zero-order valence-electron chi connectivity index (χ0n) is 18.1. The predicted molar refractivity (Wildman–Crippen MR) is 112 cm³/mol. The van der Waals surface area contributed by atoms with Crippen LogP contribution in [0.2, 0.25) is 0 Å². The number of aromatic nitrogens is 2. The molecule has 1 aromatic carbocycles. The van der Waals surface area contributed by atoms with E-state index in [1.165, 1.54) is 22.9 Å². The number of hydrogen-bond donors (Lipinski definition) is 2. The molecule has 0 aliphatic carbocycles. The molecule has 2 unspecified atom stereocenters. The first-order chi connectivity index (χ1) is 14.9. The summed E-state index contributed by atoms with van der Waals surface area (Å²) in [6.07, 6.45) is 0.765. The number of rotatable bonds is 10. The molecule has 12 nitrogen and oxygen atoms in total. The van der Waals surface area contributed by atoms with Gasteiger partial charge in [0.1, 0.15) is 12.0 Å². The highest BCUT2D eigenvalue weighted by Gasteiger charge is 2.28. The van der Waals surface area contributed by atoms with E-state index in [0.717, 1.165) is 0 Å². The number of nitrogens with two attached hydrogens (primary N) is 1. The minimum absolute atomic E-state index is 0.0305. The number of anilines is 1. The number of nitrogens with zero attached hydrogens (tertiary/aromatic N) is 2. The maximum atomic E-state index is 12.0. The van der Waals surface area contributed by atoms with Gasteiger partial charge in [0.25, 0.3) is 0 Å². The van der Waals surface area contributed by atoms with E-state index in [0.29, 0.717) is 5.56 Å². The number of ether oxygens (including phenoxy) is 2. The highest BCUT2D eigenvalue weighted by Crippen LogP contribution is 2.44. The predicted octanol–water partition coefficient (Wildman–Crippen LogP) is 2.53. The summed E-state index contributed by atoms with van der Waals surface area (Å²) in [5, 5.41) is 0. The molecule has 0 aliphatic heterocycles. The lowest BCUT2D eigenvalue weighted by molar-refractivity contribution is -0.166. The van der Waals surface area contributed by atoms with E-state index in [1.807, 2.05) is 0 Å². The van der Waals surface area contributed by atoms with Gasteiger partial charge in [0.2, 0.25) is 6.79 Å². The van der Waals surface area contributed by atoms with E-state index in [4.69, 9.17) is 20.1 Å². The molecule has 0 saturated heterocycles. The SMILES string of the molecule is CC(OCc1ccccc1OOP(=O)(O)OCOC(=O)C(C)(C)C)n1ccc(N)nc1=O. The molecule has 0 fully saturated rings. The minimum atomic E-state index is -4.69. The second kappa shape index (κ2) is 10.7. The van der Waals surface area contributed by atoms with E-state index in [-0.39, 0.29) is 18.2 Å². The summed E-state index contributed by atoms with van der Waals surface area (Å²) in [5.41, 5.74) is 4.55. The molecular formula is C19H26N3O9P. The average molecular weight is 471 g/mol. The maximum absolute atomic E-state index is 12.0. The summed E-state index contributed by atoms with van der Waals surface area (Å²) in [6, 6.07) is 7.86. The van der Waals surface area contributed by atoms with E-state index in [2.05, 4.69) is 14.2 Å². The second-order valence-electron chi connectivity index (χ2n) is 7.62. The molecule has 2 aromatic rings. The van der Waals surface area contributed by atoms with Gasteiger partial charge in [-0.05, 0) is 39.8 Å². The van der Waals surface area contributed by atoms with Crippen LogP contribution in [0, 0.1) is 5.41 Å². The van der Waals surface area contributed by atoms with Gasteiger partial charge >= 0.3 is 19.5 Å². The molecule has 0 amide bonds. The maximum Gasteiger partial charge on any atom is 0.511 e. The van der Waals surface area contributed by atoms with E-state index < -0.39 is 37.9 Å². The molecular weight excluding hydrogens is 445 g/mol. The number of carbonyl (C=O) groups excluding carboxylic acids is 1. The topological polar surface area (TPSA) is 161 Å². The van der Waals surface area contributed by atoms with Crippen LogP contribution in [0.5, 0.6) is 5.75 Å². The lowest BCUT2D eigenvalue weighted by Crippen LogP contribution is -2.27. The van der Waals surface area contributed by atoms with Gasteiger partial charge in [-0.2, -0.15) is 4.98 Å². The molecule has 13 heteroatoms. The average Bonchev–Trinajstić information content (AvgIpc) is 2.70. The number of nitrogen functional groups attached to an aromatic ring is 1. The Kier molecular flexibility index (Phi) is 8.53. The smallest absolute Gasteiger partial charge is 0.437 e. The fraction of sp³-hybridized carbons (Fsp3) is 0.421. The Morgan fingerprint density at radius 2 is 1.97 bits per heavy atom. The third-order valence-corrected chi connectivity index (χ3v) is 4.63. The van der Waals surface area contributed by atoms with Gasteiger partial charge < -0.3 is 25.0 Å². The first kappa shape index (κ1) is 25.5. The fourth-order valence-electron chi connectivity index (χ4n) is 2.17. The summed E-state index contributed by atoms with van der Waals surface area (Å²) in [7, 11) is -4.69. The van der Waals surface area contributed by atoms with Gasteiger partial charge in [-0.1, -0.05) is 22.9 Å². The Morgan fingerprint density at radius 1 is 1.28 bits per heavy atom. The van der Waals surface area contributed by atoms with Crippen molar-refractivity contribution in [3.05, 3.63) is 52.6 Å². The largest absolute Gasteiger partial charge is 0.511 e.